The molecular weight excluding hydrogens is 164 g/mol. The van der Waals surface area contributed by atoms with E-state index in [2.05, 4.69) is 0 Å². The van der Waals surface area contributed by atoms with Gasteiger partial charge in [-0.2, -0.15) is 0 Å². The Bertz CT molecular complexity index is 303. The van der Waals surface area contributed by atoms with E-state index in [4.69, 9.17) is 9.47 Å². The SMILES string of the molecule is COc1ccc(OC)c([C]2CC2)c1. The molecule has 0 amide bonds. The fourth-order valence-electron chi connectivity index (χ4n) is 1.42. The van der Waals surface area contributed by atoms with Crippen LogP contribution >= 0.6 is 0 Å². The van der Waals surface area contributed by atoms with E-state index in [-0.39, 0.29) is 0 Å². The first-order valence-corrected chi connectivity index (χ1v) is 4.42. The first-order valence-electron chi connectivity index (χ1n) is 4.42. The Morgan fingerprint density at radius 1 is 1.08 bits per heavy atom. The van der Waals surface area contributed by atoms with E-state index >= 15 is 0 Å². The molecule has 0 bridgehead atoms. The predicted octanol–water partition coefficient (Wildman–Crippen LogP) is 2.42. The first kappa shape index (κ1) is 8.42. The van der Waals surface area contributed by atoms with E-state index in [1.165, 1.54) is 24.3 Å². The van der Waals surface area contributed by atoms with Crippen molar-refractivity contribution in [2.45, 2.75) is 12.8 Å². The molecule has 2 heteroatoms. The van der Waals surface area contributed by atoms with Gasteiger partial charge in [-0.05, 0) is 31.0 Å². The molecule has 1 saturated carbocycles. The van der Waals surface area contributed by atoms with E-state index in [1.54, 1.807) is 14.2 Å². The summed E-state index contributed by atoms with van der Waals surface area (Å²) in [6, 6.07) is 5.92. The molecule has 1 aliphatic carbocycles. The highest BCUT2D eigenvalue weighted by molar-refractivity contribution is 5.51. The molecule has 1 aliphatic rings. The molecular formula is C11H13O2. The lowest BCUT2D eigenvalue weighted by molar-refractivity contribution is 0.401. The summed E-state index contributed by atoms with van der Waals surface area (Å²) in [5, 5.41) is 0. The van der Waals surface area contributed by atoms with Crippen LogP contribution in [0.4, 0.5) is 0 Å². The zero-order valence-corrected chi connectivity index (χ0v) is 7.96. The Morgan fingerprint density at radius 3 is 2.38 bits per heavy atom. The largest absolute Gasteiger partial charge is 0.497 e. The molecule has 0 unspecified atom stereocenters. The molecule has 0 atom stereocenters. The van der Waals surface area contributed by atoms with Gasteiger partial charge in [0.05, 0.1) is 14.2 Å². The monoisotopic (exact) mass is 177 g/mol. The van der Waals surface area contributed by atoms with Crippen LogP contribution in [0.3, 0.4) is 0 Å². The van der Waals surface area contributed by atoms with Crippen LogP contribution in [0, 0.1) is 5.92 Å². The van der Waals surface area contributed by atoms with Crippen molar-refractivity contribution in [3.63, 3.8) is 0 Å². The van der Waals surface area contributed by atoms with Crippen LogP contribution in [0.25, 0.3) is 0 Å². The quantitative estimate of drug-likeness (QED) is 0.706. The van der Waals surface area contributed by atoms with E-state index in [1.807, 2.05) is 18.2 Å². The van der Waals surface area contributed by atoms with Gasteiger partial charge in [-0.1, -0.05) is 0 Å². The highest BCUT2D eigenvalue weighted by Gasteiger charge is 2.27. The van der Waals surface area contributed by atoms with Gasteiger partial charge in [-0.15, -0.1) is 0 Å². The average molecular weight is 177 g/mol. The molecule has 0 aliphatic heterocycles. The van der Waals surface area contributed by atoms with Gasteiger partial charge < -0.3 is 9.47 Å². The normalized spacial score (nSPS) is 15.5. The number of hydrogen-bond acceptors (Lipinski definition) is 2. The minimum atomic E-state index is 0.898. The Morgan fingerprint density at radius 2 is 1.85 bits per heavy atom. The molecule has 0 spiro atoms. The maximum absolute atomic E-state index is 5.27. The van der Waals surface area contributed by atoms with Gasteiger partial charge in [0.1, 0.15) is 11.5 Å². The van der Waals surface area contributed by atoms with E-state index in [9.17, 15) is 0 Å². The summed E-state index contributed by atoms with van der Waals surface area (Å²) in [5.74, 6) is 3.32. The van der Waals surface area contributed by atoms with Gasteiger partial charge in [0.2, 0.25) is 0 Å². The fraction of sp³-hybridized carbons (Fsp3) is 0.364. The van der Waals surface area contributed by atoms with Crippen molar-refractivity contribution >= 4 is 0 Å². The molecule has 13 heavy (non-hydrogen) atoms. The lowest BCUT2D eigenvalue weighted by atomic mass is 10.1. The van der Waals surface area contributed by atoms with E-state index in [0.717, 1.165) is 11.5 Å². The minimum absolute atomic E-state index is 0.898. The summed E-state index contributed by atoms with van der Waals surface area (Å²) >= 11 is 0. The van der Waals surface area contributed by atoms with E-state index < -0.39 is 0 Å². The molecule has 0 saturated heterocycles. The molecule has 1 radical (unpaired) electrons. The van der Waals surface area contributed by atoms with Crippen molar-refractivity contribution in [3.05, 3.63) is 29.7 Å². The Balaban J connectivity index is 2.35. The van der Waals surface area contributed by atoms with Crippen LogP contribution in [-0.2, 0) is 0 Å². The summed E-state index contributed by atoms with van der Waals surface area (Å²) in [6.07, 6.45) is 2.40. The summed E-state index contributed by atoms with van der Waals surface area (Å²) in [4.78, 5) is 0. The number of ether oxygens (including phenoxy) is 2. The fourth-order valence-corrected chi connectivity index (χ4v) is 1.42. The summed E-state index contributed by atoms with van der Waals surface area (Å²) in [6.45, 7) is 0. The van der Waals surface area contributed by atoms with Crippen LogP contribution in [-0.4, -0.2) is 14.2 Å². The Labute approximate surface area is 78.5 Å². The summed E-state index contributed by atoms with van der Waals surface area (Å²) in [5.41, 5.74) is 1.21. The third kappa shape index (κ3) is 1.62. The Hall–Kier alpha value is -1.18. The van der Waals surface area contributed by atoms with Gasteiger partial charge in [0.15, 0.2) is 0 Å². The molecule has 1 fully saturated rings. The molecule has 1 aromatic carbocycles. The van der Waals surface area contributed by atoms with Gasteiger partial charge in [-0.3, -0.25) is 0 Å². The molecule has 0 aromatic heterocycles. The van der Waals surface area contributed by atoms with Crippen molar-refractivity contribution in [1.82, 2.24) is 0 Å². The number of hydrogen-bond donors (Lipinski definition) is 0. The lowest BCUT2D eigenvalue weighted by Gasteiger charge is -2.08. The predicted molar refractivity (Wildman–Crippen MR) is 51.1 cm³/mol. The summed E-state index contributed by atoms with van der Waals surface area (Å²) in [7, 11) is 3.39. The molecule has 0 N–H and O–H groups in total. The highest BCUT2D eigenvalue weighted by atomic mass is 16.5. The van der Waals surface area contributed by atoms with Crippen molar-refractivity contribution in [2.24, 2.45) is 0 Å². The maximum atomic E-state index is 5.27. The second-order valence-corrected chi connectivity index (χ2v) is 3.17. The zero-order valence-electron chi connectivity index (χ0n) is 7.96. The third-order valence-electron chi connectivity index (χ3n) is 2.29. The van der Waals surface area contributed by atoms with Crippen LogP contribution in [0.1, 0.15) is 18.4 Å². The molecule has 2 nitrogen and oxygen atoms in total. The second-order valence-electron chi connectivity index (χ2n) is 3.17. The van der Waals surface area contributed by atoms with Crippen LogP contribution < -0.4 is 9.47 Å². The second kappa shape index (κ2) is 3.29. The number of methoxy groups -OCH3 is 2. The number of rotatable bonds is 3. The average Bonchev–Trinajstić information content (AvgIpc) is 3.00. The first-order chi connectivity index (χ1) is 6.35. The van der Waals surface area contributed by atoms with E-state index in [0.29, 0.717) is 0 Å². The van der Waals surface area contributed by atoms with Crippen LogP contribution in [0.2, 0.25) is 0 Å². The van der Waals surface area contributed by atoms with Crippen molar-refractivity contribution < 1.29 is 9.47 Å². The van der Waals surface area contributed by atoms with Crippen molar-refractivity contribution in [1.29, 1.82) is 0 Å². The van der Waals surface area contributed by atoms with Gasteiger partial charge in [-0.25, -0.2) is 0 Å². The van der Waals surface area contributed by atoms with Crippen molar-refractivity contribution in [2.75, 3.05) is 14.2 Å². The molecule has 0 heterocycles. The van der Waals surface area contributed by atoms with Gasteiger partial charge in [0.25, 0.3) is 0 Å². The van der Waals surface area contributed by atoms with Gasteiger partial charge in [0, 0.05) is 11.5 Å². The third-order valence-corrected chi connectivity index (χ3v) is 2.29. The number of benzene rings is 1. The standard InChI is InChI=1S/C11H13O2/c1-12-9-5-6-11(13-2)10(7-9)8-3-4-8/h5-7H,3-4H2,1-2H3. The smallest absolute Gasteiger partial charge is 0.122 e. The molecule has 69 valence electrons. The summed E-state index contributed by atoms with van der Waals surface area (Å²) < 4.78 is 10.4. The topological polar surface area (TPSA) is 18.5 Å². The van der Waals surface area contributed by atoms with Crippen molar-refractivity contribution in [3.8, 4) is 11.5 Å². The highest BCUT2D eigenvalue weighted by Crippen LogP contribution is 2.44. The van der Waals surface area contributed by atoms with Crippen LogP contribution in [0.5, 0.6) is 11.5 Å². The van der Waals surface area contributed by atoms with Crippen LogP contribution in [0.15, 0.2) is 18.2 Å². The molecule has 2 rings (SSSR count). The molecule has 1 aromatic rings. The maximum Gasteiger partial charge on any atom is 0.122 e. The Kier molecular flexibility index (Phi) is 2.13. The van der Waals surface area contributed by atoms with Gasteiger partial charge >= 0.3 is 0 Å². The lowest BCUT2D eigenvalue weighted by Crippen LogP contribution is -1.92. The minimum Gasteiger partial charge on any atom is -0.497 e. The zero-order chi connectivity index (χ0) is 9.26.